The highest BCUT2D eigenvalue weighted by atomic mass is 15.2. The SMILES string of the molecule is CCC(CC)(CNC)CN(CCC(C)C)C1CC1. The molecule has 0 aromatic rings. The predicted molar refractivity (Wildman–Crippen MR) is 81.0 cm³/mol. The zero-order valence-electron chi connectivity index (χ0n) is 13.3. The van der Waals surface area contributed by atoms with Crippen molar-refractivity contribution in [2.45, 2.75) is 65.8 Å². The zero-order chi connectivity index (χ0) is 13.6. The molecule has 18 heavy (non-hydrogen) atoms. The van der Waals surface area contributed by atoms with E-state index in [2.05, 4.69) is 45.0 Å². The van der Waals surface area contributed by atoms with E-state index in [9.17, 15) is 0 Å². The maximum atomic E-state index is 3.41. The van der Waals surface area contributed by atoms with Crippen molar-refractivity contribution in [2.75, 3.05) is 26.7 Å². The van der Waals surface area contributed by atoms with Crippen LogP contribution in [0.2, 0.25) is 0 Å². The van der Waals surface area contributed by atoms with E-state index in [-0.39, 0.29) is 0 Å². The Hall–Kier alpha value is -0.0800. The molecule has 2 nitrogen and oxygen atoms in total. The zero-order valence-corrected chi connectivity index (χ0v) is 13.3. The number of nitrogens with zero attached hydrogens (tertiary/aromatic N) is 1. The summed E-state index contributed by atoms with van der Waals surface area (Å²) >= 11 is 0. The van der Waals surface area contributed by atoms with E-state index in [0.717, 1.165) is 18.5 Å². The summed E-state index contributed by atoms with van der Waals surface area (Å²) in [5.74, 6) is 0.827. The Morgan fingerprint density at radius 1 is 1.22 bits per heavy atom. The lowest BCUT2D eigenvalue weighted by Gasteiger charge is -2.38. The van der Waals surface area contributed by atoms with Crippen LogP contribution in [0.1, 0.15) is 59.8 Å². The standard InChI is InChI=1S/C16H34N2/c1-6-16(7-2,12-17-5)13-18(15-8-9-15)11-10-14(3)4/h14-15,17H,6-13H2,1-5H3. The quantitative estimate of drug-likeness (QED) is 0.641. The van der Waals surface area contributed by atoms with Crippen molar-refractivity contribution in [1.82, 2.24) is 10.2 Å². The fourth-order valence-corrected chi connectivity index (χ4v) is 2.84. The van der Waals surface area contributed by atoms with Crippen LogP contribution in [0.25, 0.3) is 0 Å². The first-order valence-electron chi connectivity index (χ1n) is 7.95. The molecule has 0 aromatic heterocycles. The second-order valence-electron chi connectivity index (χ2n) is 6.62. The van der Waals surface area contributed by atoms with Crippen molar-refractivity contribution in [3.8, 4) is 0 Å². The summed E-state index contributed by atoms with van der Waals surface area (Å²) in [5.41, 5.74) is 0.480. The van der Waals surface area contributed by atoms with Gasteiger partial charge in [-0.3, -0.25) is 4.90 Å². The summed E-state index contributed by atoms with van der Waals surface area (Å²) in [6, 6.07) is 0.901. The Morgan fingerprint density at radius 3 is 2.22 bits per heavy atom. The smallest absolute Gasteiger partial charge is 0.00966 e. The Balaban J connectivity index is 2.55. The maximum Gasteiger partial charge on any atom is 0.00966 e. The van der Waals surface area contributed by atoms with Crippen LogP contribution in [0.15, 0.2) is 0 Å². The van der Waals surface area contributed by atoms with Crippen molar-refractivity contribution < 1.29 is 0 Å². The lowest BCUT2D eigenvalue weighted by molar-refractivity contribution is 0.125. The van der Waals surface area contributed by atoms with E-state index in [1.807, 2.05) is 0 Å². The molecule has 1 aliphatic carbocycles. The molecule has 1 fully saturated rings. The van der Waals surface area contributed by atoms with Gasteiger partial charge in [0.05, 0.1) is 0 Å². The predicted octanol–water partition coefficient (Wildman–Crippen LogP) is 3.52. The van der Waals surface area contributed by atoms with Crippen molar-refractivity contribution in [2.24, 2.45) is 11.3 Å². The van der Waals surface area contributed by atoms with Crippen LogP contribution >= 0.6 is 0 Å². The van der Waals surface area contributed by atoms with Gasteiger partial charge in [-0.1, -0.05) is 27.7 Å². The monoisotopic (exact) mass is 254 g/mol. The molecule has 1 saturated carbocycles. The van der Waals surface area contributed by atoms with Crippen molar-refractivity contribution >= 4 is 0 Å². The topological polar surface area (TPSA) is 15.3 Å². The lowest BCUT2D eigenvalue weighted by Crippen LogP contribution is -2.44. The molecule has 0 atom stereocenters. The Kier molecular flexibility index (Phi) is 6.65. The highest BCUT2D eigenvalue weighted by Gasteiger charge is 2.35. The van der Waals surface area contributed by atoms with E-state index in [0.29, 0.717) is 5.41 Å². The largest absolute Gasteiger partial charge is 0.319 e. The van der Waals surface area contributed by atoms with Crippen molar-refractivity contribution in [3.63, 3.8) is 0 Å². The first-order valence-corrected chi connectivity index (χ1v) is 7.95. The van der Waals surface area contributed by atoms with Gasteiger partial charge < -0.3 is 5.32 Å². The molecular weight excluding hydrogens is 220 g/mol. The van der Waals surface area contributed by atoms with Crippen LogP contribution in [0, 0.1) is 11.3 Å². The van der Waals surface area contributed by atoms with Gasteiger partial charge in [-0.2, -0.15) is 0 Å². The molecule has 0 unspecified atom stereocenters. The number of nitrogens with one attached hydrogen (secondary N) is 1. The van der Waals surface area contributed by atoms with E-state index >= 15 is 0 Å². The molecule has 0 amide bonds. The summed E-state index contributed by atoms with van der Waals surface area (Å²) in [6.07, 6.45) is 6.78. The molecule has 1 rings (SSSR count). The molecule has 0 radical (unpaired) electrons. The van der Waals surface area contributed by atoms with E-state index in [4.69, 9.17) is 0 Å². The minimum atomic E-state index is 0.480. The van der Waals surface area contributed by atoms with Gasteiger partial charge in [-0.15, -0.1) is 0 Å². The maximum absolute atomic E-state index is 3.41. The van der Waals surface area contributed by atoms with E-state index in [1.54, 1.807) is 0 Å². The Bertz CT molecular complexity index is 217. The van der Waals surface area contributed by atoms with Gasteiger partial charge in [0.15, 0.2) is 0 Å². The van der Waals surface area contributed by atoms with Gasteiger partial charge in [0, 0.05) is 19.1 Å². The Labute approximate surface area is 115 Å². The molecule has 0 aliphatic heterocycles. The molecule has 1 aliphatic rings. The van der Waals surface area contributed by atoms with Gasteiger partial charge in [0.2, 0.25) is 0 Å². The summed E-state index contributed by atoms with van der Waals surface area (Å²) in [5, 5.41) is 3.41. The first kappa shape index (κ1) is 16.0. The third-order valence-corrected chi connectivity index (χ3v) is 4.65. The minimum absolute atomic E-state index is 0.480. The molecule has 108 valence electrons. The molecule has 0 saturated heterocycles. The molecule has 0 spiro atoms. The van der Waals surface area contributed by atoms with Crippen LogP contribution in [-0.2, 0) is 0 Å². The van der Waals surface area contributed by atoms with Crippen LogP contribution in [-0.4, -0.2) is 37.6 Å². The van der Waals surface area contributed by atoms with Crippen molar-refractivity contribution in [1.29, 1.82) is 0 Å². The average Bonchev–Trinajstić information content (AvgIpc) is 3.17. The third kappa shape index (κ3) is 4.89. The molecule has 2 heteroatoms. The van der Waals surface area contributed by atoms with Gasteiger partial charge in [-0.25, -0.2) is 0 Å². The lowest BCUT2D eigenvalue weighted by atomic mass is 9.81. The summed E-state index contributed by atoms with van der Waals surface area (Å²) in [7, 11) is 2.09. The highest BCUT2D eigenvalue weighted by Crippen LogP contribution is 2.34. The van der Waals surface area contributed by atoms with Crippen LogP contribution in [0.3, 0.4) is 0 Å². The fraction of sp³-hybridized carbons (Fsp3) is 1.00. The van der Waals surface area contributed by atoms with Gasteiger partial charge in [0.1, 0.15) is 0 Å². The molecular formula is C16H34N2. The summed E-state index contributed by atoms with van der Waals surface area (Å²) in [6.45, 7) is 13.1. The summed E-state index contributed by atoms with van der Waals surface area (Å²) < 4.78 is 0. The molecule has 0 heterocycles. The van der Waals surface area contributed by atoms with E-state index in [1.165, 1.54) is 45.2 Å². The molecule has 1 N–H and O–H groups in total. The molecule has 0 bridgehead atoms. The van der Waals surface area contributed by atoms with E-state index < -0.39 is 0 Å². The number of rotatable bonds is 10. The van der Waals surface area contributed by atoms with Gasteiger partial charge in [-0.05, 0) is 57.0 Å². The Morgan fingerprint density at radius 2 is 1.83 bits per heavy atom. The number of hydrogen-bond donors (Lipinski definition) is 1. The second kappa shape index (κ2) is 7.49. The van der Waals surface area contributed by atoms with Crippen molar-refractivity contribution in [3.05, 3.63) is 0 Å². The first-order chi connectivity index (χ1) is 8.56. The van der Waals surface area contributed by atoms with Gasteiger partial charge in [0.25, 0.3) is 0 Å². The van der Waals surface area contributed by atoms with Crippen LogP contribution < -0.4 is 5.32 Å². The normalized spacial score (nSPS) is 16.8. The highest BCUT2D eigenvalue weighted by molar-refractivity contribution is 4.90. The van der Waals surface area contributed by atoms with Crippen LogP contribution in [0.5, 0.6) is 0 Å². The third-order valence-electron chi connectivity index (χ3n) is 4.65. The summed E-state index contributed by atoms with van der Waals surface area (Å²) in [4.78, 5) is 2.78. The fourth-order valence-electron chi connectivity index (χ4n) is 2.84. The number of hydrogen-bond acceptors (Lipinski definition) is 2. The average molecular weight is 254 g/mol. The second-order valence-corrected chi connectivity index (χ2v) is 6.62. The minimum Gasteiger partial charge on any atom is -0.319 e. The van der Waals surface area contributed by atoms with Gasteiger partial charge >= 0.3 is 0 Å². The van der Waals surface area contributed by atoms with Crippen LogP contribution in [0.4, 0.5) is 0 Å². The molecule has 0 aromatic carbocycles.